The quantitative estimate of drug-likeness (QED) is 0.854. The molecule has 22 heavy (non-hydrogen) atoms. The minimum atomic E-state index is 0.0711. The van der Waals surface area contributed by atoms with Crippen LogP contribution in [0.5, 0.6) is 0 Å². The van der Waals surface area contributed by atoms with Gasteiger partial charge in [-0.2, -0.15) is 10.2 Å². The molecule has 1 aromatic carbocycles. The van der Waals surface area contributed by atoms with Crippen LogP contribution >= 0.6 is 15.9 Å². The monoisotopic (exact) mass is 358 g/mol. The molecule has 1 aromatic heterocycles. The van der Waals surface area contributed by atoms with Crippen LogP contribution in [0.2, 0.25) is 0 Å². The predicted molar refractivity (Wildman–Crippen MR) is 90.2 cm³/mol. The molecule has 0 aliphatic carbocycles. The predicted octanol–water partition coefficient (Wildman–Crippen LogP) is 2.54. The van der Waals surface area contributed by atoms with E-state index >= 15 is 0 Å². The summed E-state index contributed by atoms with van der Waals surface area (Å²) in [5.41, 5.74) is 14.2. The summed E-state index contributed by atoms with van der Waals surface area (Å²) in [5, 5.41) is 9.39. The van der Waals surface area contributed by atoms with Crippen LogP contribution in [0.25, 0.3) is 11.3 Å². The number of hydrogen-bond donors (Lipinski definition) is 2. The van der Waals surface area contributed by atoms with E-state index in [0.29, 0.717) is 5.69 Å². The smallest absolute Gasteiger partial charge is 0.222 e. The van der Waals surface area contributed by atoms with Gasteiger partial charge in [0.15, 0.2) is 0 Å². The van der Waals surface area contributed by atoms with Crippen LogP contribution in [-0.2, 0) is 0 Å². The first kappa shape index (κ1) is 14.6. The van der Waals surface area contributed by atoms with Gasteiger partial charge in [-0.1, -0.05) is 15.9 Å². The van der Waals surface area contributed by atoms with E-state index < -0.39 is 0 Å². The fourth-order valence-corrected chi connectivity index (χ4v) is 3.07. The summed E-state index contributed by atoms with van der Waals surface area (Å²) in [7, 11) is 0. The Balaban J connectivity index is 2.23. The maximum Gasteiger partial charge on any atom is 0.222 e. The second-order valence-electron chi connectivity index (χ2n) is 5.16. The lowest BCUT2D eigenvalue weighted by Crippen LogP contribution is -2.19. The molecule has 0 saturated carbocycles. The van der Waals surface area contributed by atoms with Crippen molar-refractivity contribution in [1.29, 1.82) is 5.26 Å². The highest BCUT2D eigenvalue weighted by Gasteiger charge is 2.21. The van der Waals surface area contributed by atoms with Crippen LogP contribution in [0.15, 0.2) is 22.7 Å². The van der Waals surface area contributed by atoms with Crippen LogP contribution < -0.4 is 16.4 Å². The molecule has 4 N–H and O–H groups in total. The highest BCUT2D eigenvalue weighted by molar-refractivity contribution is 9.10. The lowest BCUT2D eigenvalue weighted by Gasteiger charge is -2.22. The van der Waals surface area contributed by atoms with Crippen LogP contribution in [0.1, 0.15) is 18.4 Å². The van der Waals surface area contributed by atoms with Gasteiger partial charge >= 0.3 is 0 Å². The van der Waals surface area contributed by atoms with Gasteiger partial charge in [0.1, 0.15) is 17.5 Å². The second kappa shape index (κ2) is 5.81. The first-order chi connectivity index (χ1) is 10.6. The molecule has 2 aromatic rings. The summed E-state index contributed by atoms with van der Waals surface area (Å²) in [6.45, 7) is 1.97. The molecule has 1 aliphatic heterocycles. The SMILES string of the molecule is N#Cc1c(N)nc(N)nc1-c1ccc(Br)cc1N1CCCC1. The molecule has 1 fully saturated rings. The number of halogens is 1. The van der Waals surface area contributed by atoms with Crippen LogP contribution in [0.3, 0.4) is 0 Å². The minimum Gasteiger partial charge on any atom is -0.382 e. The Hall–Kier alpha value is -2.33. The van der Waals surface area contributed by atoms with Crippen molar-refractivity contribution in [3.05, 3.63) is 28.2 Å². The highest BCUT2D eigenvalue weighted by atomic mass is 79.9. The largest absolute Gasteiger partial charge is 0.382 e. The number of benzene rings is 1. The van der Waals surface area contributed by atoms with Gasteiger partial charge in [-0.25, -0.2) is 4.98 Å². The van der Waals surface area contributed by atoms with E-state index in [0.717, 1.165) is 41.7 Å². The number of hydrogen-bond acceptors (Lipinski definition) is 6. The molecule has 0 unspecified atom stereocenters. The van der Waals surface area contributed by atoms with Crippen molar-refractivity contribution in [3.63, 3.8) is 0 Å². The van der Waals surface area contributed by atoms with Crippen molar-refractivity contribution in [2.75, 3.05) is 29.5 Å². The Kier molecular flexibility index (Phi) is 3.86. The molecule has 0 atom stereocenters. The number of nitriles is 1. The average Bonchev–Trinajstić information content (AvgIpc) is 3.00. The Labute approximate surface area is 136 Å². The molecular weight excluding hydrogens is 344 g/mol. The molecule has 6 nitrogen and oxygen atoms in total. The summed E-state index contributed by atoms with van der Waals surface area (Å²) in [5.74, 6) is 0.182. The van der Waals surface area contributed by atoms with Gasteiger partial charge < -0.3 is 16.4 Å². The van der Waals surface area contributed by atoms with Gasteiger partial charge in [-0.15, -0.1) is 0 Å². The Morgan fingerprint density at radius 1 is 1.18 bits per heavy atom. The van der Waals surface area contributed by atoms with Crippen molar-refractivity contribution in [2.45, 2.75) is 12.8 Å². The van der Waals surface area contributed by atoms with E-state index in [1.54, 1.807) is 0 Å². The zero-order valence-corrected chi connectivity index (χ0v) is 13.5. The number of rotatable bonds is 2. The lowest BCUT2D eigenvalue weighted by molar-refractivity contribution is 0.949. The molecule has 0 amide bonds. The Morgan fingerprint density at radius 2 is 1.91 bits per heavy atom. The number of nitrogens with zero attached hydrogens (tertiary/aromatic N) is 4. The first-order valence-electron chi connectivity index (χ1n) is 6.98. The molecule has 0 spiro atoms. The second-order valence-corrected chi connectivity index (χ2v) is 6.07. The normalized spacial score (nSPS) is 14.1. The fraction of sp³-hybridized carbons (Fsp3) is 0.267. The van der Waals surface area contributed by atoms with E-state index in [2.05, 4.69) is 36.9 Å². The number of anilines is 3. The lowest BCUT2D eigenvalue weighted by atomic mass is 10.0. The van der Waals surface area contributed by atoms with Gasteiger partial charge in [0.05, 0.1) is 5.69 Å². The standard InChI is InChI=1S/C15H15BrN6/c16-9-3-4-10(12(7-9)22-5-1-2-6-22)13-11(8-17)14(18)21-15(19)20-13/h3-4,7H,1-2,5-6H2,(H4,18,19,20,21). The topological polar surface area (TPSA) is 105 Å². The van der Waals surface area contributed by atoms with Crippen molar-refractivity contribution in [2.24, 2.45) is 0 Å². The van der Waals surface area contributed by atoms with Gasteiger partial charge in [-0.05, 0) is 31.0 Å². The van der Waals surface area contributed by atoms with E-state index in [1.165, 1.54) is 0 Å². The minimum absolute atomic E-state index is 0.0711. The zero-order valence-electron chi connectivity index (χ0n) is 11.9. The molecule has 3 rings (SSSR count). The fourth-order valence-electron chi connectivity index (χ4n) is 2.73. The Bertz CT molecular complexity index is 761. The molecule has 1 aliphatic rings. The zero-order chi connectivity index (χ0) is 15.7. The maximum atomic E-state index is 9.39. The number of nitrogen functional groups attached to an aromatic ring is 2. The van der Waals surface area contributed by atoms with Crippen molar-refractivity contribution < 1.29 is 0 Å². The van der Waals surface area contributed by atoms with Gasteiger partial charge in [0.25, 0.3) is 0 Å². The highest BCUT2D eigenvalue weighted by Crippen LogP contribution is 2.36. The summed E-state index contributed by atoms with van der Waals surface area (Å²) in [6, 6.07) is 7.98. The van der Waals surface area contributed by atoms with Crippen LogP contribution in [-0.4, -0.2) is 23.1 Å². The van der Waals surface area contributed by atoms with Crippen LogP contribution in [0, 0.1) is 11.3 Å². The van der Waals surface area contributed by atoms with E-state index in [4.69, 9.17) is 11.5 Å². The van der Waals surface area contributed by atoms with Crippen molar-refractivity contribution in [3.8, 4) is 17.3 Å². The van der Waals surface area contributed by atoms with Gasteiger partial charge in [-0.3, -0.25) is 0 Å². The van der Waals surface area contributed by atoms with E-state index in [1.807, 2.05) is 18.2 Å². The third-order valence-corrected chi connectivity index (χ3v) is 4.22. The maximum absolute atomic E-state index is 9.39. The summed E-state index contributed by atoms with van der Waals surface area (Å²) in [6.07, 6.45) is 2.32. The van der Waals surface area contributed by atoms with Crippen LogP contribution in [0.4, 0.5) is 17.5 Å². The molecule has 112 valence electrons. The van der Waals surface area contributed by atoms with Crippen molar-refractivity contribution >= 4 is 33.4 Å². The summed E-state index contributed by atoms with van der Waals surface area (Å²) >= 11 is 3.51. The first-order valence-corrected chi connectivity index (χ1v) is 7.77. The van der Waals surface area contributed by atoms with E-state index in [-0.39, 0.29) is 17.3 Å². The molecule has 0 radical (unpaired) electrons. The number of aromatic nitrogens is 2. The molecule has 0 bridgehead atoms. The van der Waals surface area contributed by atoms with Gasteiger partial charge in [0.2, 0.25) is 5.95 Å². The average molecular weight is 359 g/mol. The summed E-state index contributed by atoms with van der Waals surface area (Å²) < 4.78 is 0.978. The third kappa shape index (κ3) is 2.57. The molecule has 7 heteroatoms. The summed E-state index contributed by atoms with van der Waals surface area (Å²) in [4.78, 5) is 10.4. The van der Waals surface area contributed by atoms with Crippen molar-refractivity contribution in [1.82, 2.24) is 9.97 Å². The third-order valence-electron chi connectivity index (χ3n) is 3.73. The van der Waals surface area contributed by atoms with E-state index in [9.17, 15) is 5.26 Å². The number of nitrogens with two attached hydrogens (primary N) is 2. The molecule has 1 saturated heterocycles. The van der Waals surface area contributed by atoms with Gasteiger partial charge in [0, 0.05) is 28.8 Å². The molecular formula is C15H15BrN6. The molecule has 2 heterocycles. The Morgan fingerprint density at radius 3 is 2.59 bits per heavy atom.